The number of nitrogens with zero attached hydrogens (tertiary/aromatic N) is 2. The van der Waals surface area contributed by atoms with E-state index in [1.807, 2.05) is 0 Å². The van der Waals surface area contributed by atoms with E-state index in [9.17, 15) is 4.79 Å². The van der Waals surface area contributed by atoms with Crippen LogP contribution in [0.2, 0.25) is 0 Å². The fraction of sp³-hybridized carbons (Fsp3) is 0.938. The molecular formula is C16H31Cl2N3O. The molecule has 0 aromatic rings. The van der Waals surface area contributed by atoms with Crippen LogP contribution in [0.3, 0.4) is 0 Å². The molecule has 1 saturated carbocycles. The Morgan fingerprint density at radius 3 is 2.36 bits per heavy atom. The minimum atomic E-state index is 0. The van der Waals surface area contributed by atoms with Crippen LogP contribution in [0.4, 0.5) is 0 Å². The highest BCUT2D eigenvalue weighted by molar-refractivity contribution is 5.85. The molecule has 2 aliphatic heterocycles. The fourth-order valence-electron chi connectivity index (χ4n) is 4.19. The van der Waals surface area contributed by atoms with E-state index in [0.717, 1.165) is 32.4 Å². The van der Waals surface area contributed by atoms with E-state index in [1.165, 1.54) is 45.3 Å². The molecule has 0 aromatic heterocycles. The van der Waals surface area contributed by atoms with Gasteiger partial charge in [-0.25, -0.2) is 0 Å². The minimum absolute atomic E-state index is 0. The van der Waals surface area contributed by atoms with Crippen LogP contribution in [0, 0.1) is 11.8 Å². The van der Waals surface area contributed by atoms with Crippen molar-refractivity contribution in [1.29, 1.82) is 0 Å². The smallest absolute Gasteiger partial charge is 0.225 e. The van der Waals surface area contributed by atoms with Crippen LogP contribution in [0.1, 0.15) is 44.9 Å². The van der Waals surface area contributed by atoms with E-state index in [-0.39, 0.29) is 36.8 Å². The molecule has 130 valence electrons. The highest BCUT2D eigenvalue weighted by Crippen LogP contribution is 2.28. The zero-order valence-corrected chi connectivity index (χ0v) is 15.0. The number of piperidine rings is 1. The summed E-state index contributed by atoms with van der Waals surface area (Å²) in [6.07, 6.45) is 8.25. The normalized spacial score (nSPS) is 32.4. The molecule has 0 bridgehead atoms. The van der Waals surface area contributed by atoms with Crippen LogP contribution in [-0.2, 0) is 4.79 Å². The molecule has 3 aliphatic rings. The predicted octanol–water partition coefficient (Wildman–Crippen LogP) is 2.29. The second-order valence-corrected chi connectivity index (χ2v) is 7.07. The number of likely N-dealkylation sites (tertiary alicyclic amines) is 2. The van der Waals surface area contributed by atoms with E-state index < -0.39 is 0 Å². The van der Waals surface area contributed by atoms with Gasteiger partial charge in [0.05, 0.1) is 0 Å². The Balaban J connectivity index is 0.00000121. The summed E-state index contributed by atoms with van der Waals surface area (Å²) in [5.74, 6) is 1.31. The number of rotatable bonds is 3. The molecular weight excluding hydrogens is 321 g/mol. The van der Waals surface area contributed by atoms with Gasteiger partial charge < -0.3 is 15.5 Å². The number of hydrogen-bond donors (Lipinski definition) is 1. The number of carbonyl (C=O) groups excluding carboxylic acids is 1. The summed E-state index contributed by atoms with van der Waals surface area (Å²) in [4.78, 5) is 17.2. The molecule has 6 heteroatoms. The van der Waals surface area contributed by atoms with Crippen molar-refractivity contribution in [3.63, 3.8) is 0 Å². The van der Waals surface area contributed by atoms with Crippen molar-refractivity contribution in [2.24, 2.45) is 17.6 Å². The lowest BCUT2D eigenvalue weighted by Gasteiger charge is -2.29. The maximum Gasteiger partial charge on any atom is 0.225 e. The van der Waals surface area contributed by atoms with E-state index in [0.29, 0.717) is 11.8 Å². The van der Waals surface area contributed by atoms with Gasteiger partial charge in [-0.05, 0) is 57.5 Å². The summed E-state index contributed by atoms with van der Waals surface area (Å²) in [6, 6.07) is 0.260. The lowest BCUT2D eigenvalue weighted by Crippen LogP contribution is -2.37. The van der Waals surface area contributed by atoms with Gasteiger partial charge >= 0.3 is 0 Å². The Hall–Kier alpha value is -0.0300. The topological polar surface area (TPSA) is 49.6 Å². The summed E-state index contributed by atoms with van der Waals surface area (Å²) in [6.45, 7) is 5.70. The average molecular weight is 352 g/mol. The Labute approximate surface area is 147 Å². The summed E-state index contributed by atoms with van der Waals surface area (Å²) in [7, 11) is 0. The maximum atomic E-state index is 12.5. The van der Waals surface area contributed by atoms with Gasteiger partial charge in [0.15, 0.2) is 0 Å². The third-order valence-corrected chi connectivity index (χ3v) is 5.39. The fourth-order valence-corrected chi connectivity index (χ4v) is 4.19. The van der Waals surface area contributed by atoms with Gasteiger partial charge in [0.2, 0.25) is 5.91 Å². The number of hydrogen-bond acceptors (Lipinski definition) is 3. The third kappa shape index (κ3) is 4.98. The molecule has 0 spiro atoms. The van der Waals surface area contributed by atoms with Crippen LogP contribution in [0.5, 0.6) is 0 Å². The number of halogens is 2. The van der Waals surface area contributed by atoms with Gasteiger partial charge in [-0.2, -0.15) is 0 Å². The first-order chi connectivity index (χ1) is 9.72. The zero-order valence-electron chi connectivity index (χ0n) is 13.4. The SMILES string of the molecule is Cl.Cl.NC1CCC(C(=O)N2CCC(CN3CCCCC3)C2)C1. The van der Waals surface area contributed by atoms with Gasteiger partial charge in [0.1, 0.15) is 0 Å². The standard InChI is InChI=1S/C16H29N3O.2ClH/c17-15-5-4-14(10-15)16(20)19-9-6-13(12-19)11-18-7-2-1-3-8-18;;/h13-15H,1-12,17H2;2*1H. The van der Waals surface area contributed by atoms with Crippen LogP contribution >= 0.6 is 24.8 Å². The first-order valence-electron chi connectivity index (χ1n) is 8.49. The molecule has 3 atom stereocenters. The molecule has 0 radical (unpaired) electrons. The summed E-state index contributed by atoms with van der Waals surface area (Å²) < 4.78 is 0. The molecule has 0 aromatic carbocycles. The van der Waals surface area contributed by atoms with Gasteiger partial charge in [0.25, 0.3) is 0 Å². The molecule has 1 amide bonds. The second kappa shape index (κ2) is 9.31. The highest BCUT2D eigenvalue weighted by Gasteiger charge is 2.34. The third-order valence-electron chi connectivity index (χ3n) is 5.39. The Morgan fingerprint density at radius 2 is 1.73 bits per heavy atom. The monoisotopic (exact) mass is 351 g/mol. The van der Waals surface area contributed by atoms with Crippen molar-refractivity contribution in [3.8, 4) is 0 Å². The number of carbonyl (C=O) groups is 1. The lowest BCUT2D eigenvalue weighted by atomic mass is 10.1. The van der Waals surface area contributed by atoms with E-state index in [4.69, 9.17) is 5.73 Å². The van der Waals surface area contributed by atoms with Crippen molar-refractivity contribution in [2.75, 3.05) is 32.7 Å². The summed E-state index contributed by atoms with van der Waals surface area (Å²) in [5.41, 5.74) is 5.94. The molecule has 1 aliphatic carbocycles. The van der Waals surface area contributed by atoms with Gasteiger partial charge in [0, 0.05) is 31.6 Å². The first-order valence-corrected chi connectivity index (χ1v) is 8.49. The van der Waals surface area contributed by atoms with Crippen molar-refractivity contribution in [2.45, 2.75) is 51.0 Å². The first kappa shape index (κ1) is 20.0. The van der Waals surface area contributed by atoms with Crippen LogP contribution in [0.25, 0.3) is 0 Å². The van der Waals surface area contributed by atoms with Crippen LogP contribution in [0.15, 0.2) is 0 Å². The van der Waals surface area contributed by atoms with Gasteiger partial charge in [-0.1, -0.05) is 6.42 Å². The van der Waals surface area contributed by atoms with Crippen LogP contribution < -0.4 is 5.73 Å². The van der Waals surface area contributed by atoms with Crippen molar-refractivity contribution in [1.82, 2.24) is 9.80 Å². The Kier molecular flexibility index (Phi) is 8.47. The van der Waals surface area contributed by atoms with E-state index in [2.05, 4.69) is 9.80 Å². The second-order valence-electron chi connectivity index (χ2n) is 7.07. The number of amides is 1. The molecule has 2 heterocycles. The van der Waals surface area contributed by atoms with Crippen molar-refractivity contribution >= 4 is 30.7 Å². The Bertz CT molecular complexity index is 350. The zero-order chi connectivity index (χ0) is 13.9. The average Bonchev–Trinajstić information content (AvgIpc) is 3.08. The molecule has 3 rings (SSSR count). The van der Waals surface area contributed by atoms with E-state index in [1.54, 1.807) is 0 Å². The highest BCUT2D eigenvalue weighted by atomic mass is 35.5. The molecule has 2 saturated heterocycles. The largest absolute Gasteiger partial charge is 0.342 e. The molecule has 2 N–H and O–H groups in total. The summed E-state index contributed by atoms with van der Waals surface area (Å²) in [5, 5.41) is 0. The Morgan fingerprint density at radius 1 is 1.00 bits per heavy atom. The van der Waals surface area contributed by atoms with Gasteiger partial charge in [-0.15, -0.1) is 24.8 Å². The van der Waals surface area contributed by atoms with Crippen molar-refractivity contribution in [3.05, 3.63) is 0 Å². The van der Waals surface area contributed by atoms with Gasteiger partial charge in [-0.3, -0.25) is 4.79 Å². The number of nitrogens with two attached hydrogens (primary N) is 1. The molecule has 3 fully saturated rings. The lowest BCUT2D eigenvalue weighted by molar-refractivity contribution is -0.134. The molecule has 4 nitrogen and oxygen atoms in total. The predicted molar refractivity (Wildman–Crippen MR) is 94.8 cm³/mol. The quantitative estimate of drug-likeness (QED) is 0.848. The minimum Gasteiger partial charge on any atom is -0.342 e. The summed E-state index contributed by atoms with van der Waals surface area (Å²) >= 11 is 0. The maximum absolute atomic E-state index is 12.5. The van der Waals surface area contributed by atoms with Crippen molar-refractivity contribution < 1.29 is 4.79 Å². The van der Waals surface area contributed by atoms with Crippen LogP contribution in [-0.4, -0.2) is 54.5 Å². The molecule has 3 unspecified atom stereocenters. The van der Waals surface area contributed by atoms with E-state index >= 15 is 0 Å². The molecule has 22 heavy (non-hydrogen) atoms.